The fourth-order valence-electron chi connectivity index (χ4n) is 1.59. The molecule has 7 nitrogen and oxygen atoms in total. The van der Waals surface area contributed by atoms with Crippen molar-refractivity contribution in [3.05, 3.63) is 36.0 Å². The molecule has 0 aliphatic heterocycles. The van der Waals surface area contributed by atoms with Gasteiger partial charge in [0.15, 0.2) is 0 Å². The molecule has 0 aliphatic carbocycles. The quantitative estimate of drug-likeness (QED) is 0.320. The Morgan fingerprint density at radius 1 is 1.29 bits per heavy atom. The molecule has 0 aromatic heterocycles. The minimum atomic E-state index is -0.681. The average molecular weight is 291 g/mol. The predicted molar refractivity (Wildman–Crippen MR) is 76.2 cm³/mol. The summed E-state index contributed by atoms with van der Waals surface area (Å²) in [4.78, 5) is 13.4. The number of carbonyl (C=O) groups excluding carboxylic acids is 1. The van der Waals surface area contributed by atoms with E-state index in [1.54, 1.807) is 18.2 Å². The molecule has 0 heterocycles. The van der Waals surface area contributed by atoms with Crippen LogP contribution in [0.2, 0.25) is 0 Å². The van der Waals surface area contributed by atoms with Gasteiger partial charge in [0.05, 0.1) is 18.9 Å². The fourth-order valence-corrected chi connectivity index (χ4v) is 1.59. The lowest BCUT2D eigenvalue weighted by atomic mass is 10.2. The van der Waals surface area contributed by atoms with Gasteiger partial charge in [0.25, 0.3) is 5.91 Å². The lowest BCUT2D eigenvalue weighted by Gasteiger charge is -2.18. The van der Waals surface area contributed by atoms with E-state index in [1.165, 1.54) is 23.2 Å². The van der Waals surface area contributed by atoms with Crippen LogP contribution < -0.4 is 5.32 Å². The van der Waals surface area contributed by atoms with Gasteiger partial charge in [-0.15, -0.1) is 0 Å². The number of aliphatic hydroxyl groups excluding tert-OH is 2. The molecule has 112 valence electrons. The smallest absolute Gasteiger partial charge is 0.267 e. The number of hydrogen-bond donors (Lipinski definition) is 4. The molecule has 21 heavy (non-hydrogen) atoms. The number of para-hydroxylation sites is 2. The van der Waals surface area contributed by atoms with Gasteiger partial charge in [-0.3, -0.25) is 4.79 Å². The van der Waals surface area contributed by atoms with Gasteiger partial charge < -0.3 is 25.5 Å². The molecule has 0 aliphatic rings. The van der Waals surface area contributed by atoms with Gasteiger partial charge in [-0.2, -0.15) is 5.26 Å². The summed E-state index contributed by atoms with van der Waals surface area (Å²) in [5.41, 5.74) is -0.000306. The summed E-state index contributed by atoms with van der Waals surface area (Å²) in [5, 5.41) is 38.8. The third-order valence-corrected chi connectivity index (χ3v) is 2.60. The molecule has 4 N–H and O–H groups in total. The molecule has 1 amide bonds. The first-order valence-electron chi connectivity index (χ1n) is 6.29. The van der Waals surface area contributed by atoms with Crippen molar-refractivity contribution >= 4 is 11.6 Å². The van der Waals surface area contributed by atoms with Crippen molar-refractivity contribution in [2.24, 2.45) is 0 Å². The van der Waals surface area contributed by atoms with E-state index in [1.807, 2.05) is 0 Å². The maximum absolute atomic E-state index is 12.0. The van der Waals surface area contributed by atoms with Gasteiger partial charge >= 0.3 is 0 Å². The molecule has 0 unspecified atom stereocenters. The first-order valence-corrected chi connectivity index (χ1v) is 6.29. The highest BCUT2D eigenvalue weighted by atomic mass is 16.3. The van der Waals surface area contributed by atoms with Crippen LogP contribution in [-0.2, 0) is 4.79 Å². The molecule has 7 heteroatoms. The molecular formula is C14H17N3O4. The molecule has 0 fully saturated rings. The van der Waals surface area contributed by atoms with E-state index in [0.29, 0.717) is 0 Å². The van der Waals surface area contributed by atoms with Crippen LogP contribution in [0.3, 0.4) is 0 Å². The molecule has 0 saturated carbocycles. The Balaban J connectivity index is 2.86. The molecule has 0 radical (unpaired) electrons. The summed E-state index contributed by atoms with van der Waals surface area (Å²) in [6, 6.07) is 7.91. The third kappa shape index (κ3) is 5.14. The standard InChI is InChI=1S/C14H17N3O4/c15-9-11(10-17(5-7-18)6-8-19)14(21)16-12-3-1-2-4-13(12)20/h1-4,10,18-20H,5-8H2,(H,16,21)/b11-10-. The van der Waals surface area contributed by atoms with E-state index in [2.05, 4.69) is 5.32 Å². The highest BCUT2D eigenvalue weighted by Gasteiger charge is 2.13. The summed E-state index contributed by atoms with van der Waals surface area (Å²) >= 11 is 0. The number of aromatic hydroxyl groups is 1. The van der Waals surface area contributed by atoms with Gasteiger partial charge in [0.1, 0.15) is 17.4 Å². The number of benzene rings is 1. The van der Waals surface area contributed by atoms with Gasteiger partial charge in [-0.25, -0.2) is 0 Å². The number of nitrogens with one attached hydrogen (secondary N) is 1. The maximum Gasteiger partial charge on any atom is 0.267 e. The van der Waals surface area contributed by atoms with Gasteiger partial charge in [0.2, 0.25) is 0 Å². The zero-order valence-electron chi connectivity index (χ0n) is 11.4. The van der Waals surface area contributed by atoms with E-state index in [0.717, 1.165) is 0 Å². The van der Waals surface area contributed by atoms with Crippen LogP contribution in [-0.4, -0.2) is 52.4 Å². The number of nitriles is 1. The normalized spacial score (nSPS) is 10.8. The first-order chi connectivity index (χ1) is 10.1. The lowest BCUT2D eigenvalue weighted by Crippen LogP contribution is -2.26. The van der Waals surface area contributed by atoms with Crippen LogP contribution in [0.25, 0.3) is 0 Å². The number of nitrogens with zero attached hydrogens (tertiary/aromatic N) is 2. The summed E-state index contributed by atoms with van der Waals surface area (Å²) in [7, 11) is 0. The van der Waals surface area contributed by atoms with E-state index in [4.69, 9.17) is 15.5 Å². The second-order valence-electron chi connectivity index (χ2n) is 4.11. The van der Waals surface area contributed by atoms with Crippen LogP contribution >= 0.6 is 0 Å². The van der Waals surface area contributed by atoms with Crippen molar-refractivity contribution in [3.63, 3.8) is 0 Å². The van der Waals surface area contributed by atoms with Gasteiger partial charge in [-0.05, 0) is 12.1 Å². The fraction of sp³-hybridized carbons (Fsp3) is 0.286. The number of phenols is 1. The molecule has 0 saturated heterocycles. The van der Waals surface area contributed by atoms with E-state index in [9.17, 15) is 9.90 Å². The van der Waals surface area contributed by atoms with Crippen LogP contribution in [0.4, 0.5) is 5.69 Å². The van der Waals surface area contributed by atoms with E-state index in [-0.39, 0.29) is 43.3 Å². The van der Waals surface area contributed by atoms with Crippen molar-refractivity contribution in [1.29, 1.82) is 5.26 Å². The minimum absolute atomic E-state index is 0.106. The SMILES string of the molecule is N#C/C(=C/N(CCO)CCO)C(=O)Nc1ccccc1O. The van der Waals surface area contributed by atoms with Crippen LogP contribution in [0.1, 0.15) is 0 Å². The summed E-state index contributed by atoms with van der Waals surface area (Å²) < 4.78 is 0. The van der Waals surface area contributed by atoms with Crippen molar-refractivity contribution in [3.8, 4) is 11.8 Å². The Morgan fingerprint density at radius 3 is 2.43 bits per heavy atom. The van der Waals surface area contributed by atoms with Gasteiger partial charge in [-0.1, -0.05) is 12.1 Å². The molecule has 1 aromatic carbocycles. The number of hydrogen-bond acceptors (Lipinski definition) is 6. The molecule has 1 aromatic rings. The zero-order chi connectivity index (χ0) is 15.7. The highest BCUT2D eigenvalue weighted by Crippen LogP contribution is 2.21. The molecule has 0 bridgehead atoms. The van der Waals surface area contributed by atoms with Crippen molar-refractivity contribution in [2.45, 2.75) is 0 Å². The number of anilines is 1. The largest absolute Gasteiger partial charge is 0.506 e. The molecule has 0 spiro atoms. The van der Waals surface area contributed by atoms with E-state index >= 15 is 0 Å². The van der Waals surface area contributed by atoms with E-state index < -0.39 is 5.91 Å². The maximum atomic E-state index is 12.0. The Labute approximate surface area is 122 Å². The van der Waals surface area contributed by atoms with Crippen molar-refractivity contribution in [1.82, 2.24) is 4.90 Å². The Hall–Kier alpha value is -2.56. The van der Waals surface area contributed by atoms with Crippen LogP contribution in [0.5, 0.6) is 5.75 Å². The number of amides is 1. The minimum Gasteiger partial charge on any atom is -0.506 e. The van der Waals surface area contributed by atoms with Crippen LogP contribution in [0, 0.1) is 11.3 Å². The Kier molecular flexibility index (Phi) is 6.74. The summed E-state index contributed by atoms with van der Waals surface area (Å²) in [6.07, 6.45) is 1.27. The molecule has 0 atom stereocenters. The summed E-state index contributed by atoms with van der Waals surface area (Å²) in [6.45, 7) is 0.0395. The number of carbonyl (C=O) groups is 1. The highest BCUT2D eigenvalue weighted by molar-refractivity contribution is 6.07. The Bertz CT molecular complexity index is 545. The lowest BCUT2D eigenvalue weighted by molar-refractivity contribution is -0.112. The predicted octanol–water partition coefficient (Wildman–Crippen LogP) is 0.0248. The second kappa shape index (κ2) is 8.58. The second-order valence-corrected chi connectivity index (χ2v) is 4.11. The topological polar surface area (TPSA) is 117 Å². The van der Waals surface area contributed by atoms with Crippen molar-refractivity contribution in [2.75, 3.05) is 31.6 Å². The number of rotatable bonds is 7. The van der Waals surface area contributed by atoms with Gasteiger partial charge in [0, 0.05) is 19.3 Å². The van der Waals surface area contributed by atoms with Crippen LogP contribution in [0.15, 0.2) is 36.0 Å². The third-order valence-electron chi connectivity index (χ3n) is 2.60. The first kappa shape index (κ1) is 16.5. The Morgan fingerprint density at radius 2 is 1.90 bits per heavy atom. The average Bonchev–Trinajstić information content (AvgIpc) is 2.47. The number of phenolic OH excluding ortho intramolecular Hbond substituents is 1. The summed E-state index contributed by atoms with van der Waals surface area (Å²) in [5.74, 6) is -0.786. The monoisotopic (exact) mass is 291 g/mol. The molecule has 1 rings (SSSR count). The zero-order valence-corrected chi connectivity index (χ0v) is 11.4. The van der Waals surface area contributed by atoms with Crippen molar-refractivity contribution < 1.29 is 20.1 Å². The number of aliphatic hydroxyl groups is 2. The molecular weight excluding hydrogens is 274 g/mol.